The third kappa shape index (κ3) is 6.54. The maximum absolute atomic E-state index is 13.0. The maximum atomic E-state index is 13.0. The molecule has 0 bridgehead atoms. The molecule has 2 aromatic rings. The molecule has 0 radical (unpaired) electrons. The van der Waals surface area contributed by atoms with Crippen molar-refractivity contribution in [3.05, 3.63) is 64.7 Å². The molecule has 0 spiro atoms. The molecule has 1 saturated heterocycles. The van der Waals surface area contributed by atoms with E-state index in [1.807, 2.05) is 19.2 Å². The van der Waals surface area contributed by atoms with Gasteiger partial charge >= 0.3 is 0 Å². The predicted octanol–water partition coefficient (Wildman–Crippen LogP) is 2.05. The van der Waals surface area contributed by atoms with Crippen LogP contribution in [0.2, 0.25) is 5.02 Å². The van der Waals surface area contributed by atoms with Gasteiger partial charge in [-0.3, -0.25) is 9.59 Å². The topological polar surface area (TPSA) is 90.0 Å². The van der Waals surface area contributed by atoms with Gasteiger partial charge in [-0.1, -0.05) is 29.8 Å². The predicted molar refractivity (Wildman–Crippen MR) is 128 cm³/mol. The van der Waals surface area contributed by atoms with Gasteiger partial charge in [-0.15, -0.1) is 0 Å². The summed E-state index contributed by atoms with van der Waals surface area (Å²) in [6.07, 6.45) is 0. The van der Waals surface area contributed by atoms with Crippen LogP contribution in [-0.4, -0.2) is 80.7 Å². The molecule has 178 valence electrons. The Labute approximate surface area is 200 Å². The summed E-state index contributed by atoms with van der Waals surface area (Å²) in [5, 5.41) is 3.40. The first-order chi connectivity index (χ1) is 15.7. The van der Waals surface area contributed by atoms with Crippen LogP contribution in [0.1, 0.15) is 22.8 Å². The van der Waals surface area contributed by atoms with Gasteiger partial charge in [0.15, 0.2) is 0 Å². The van der Waals surface area contributed by atoms with Crippen LogP contribution in [0.5, 0.6) is 0 Å². The molecular formula is C23H29ClN4O4S. The molecule has 8 nitrogen and oxygen atoms in total. The van der Waals surface area contributed by atoms with Crippen molar-refractivity contribution < 1.29 is 18.0 Å². The maximum Gasteiger partial charge on any atom is 0.254 e. The minimum atomic E-state index is -3.69. The number of halogens is 1. The number of carbonyl (C=O) groups excluding carboxylic acids is 2. The first-order valence-corrected chi connectivity index (χ1v) is 12.6. The van der Waals surface area contributed by atoms with Crippen LogP contribution in [0.25, 0.3) is 0 Å². The molecule has 2 aromatic carbocycles. The average Bonchev–Trinajstić information content (AvgIpc) is 2.82. The van der Waals surface area contributed by atoms with E-state index >= 15 is 0 Å². The van der Waals surface area contributed by atoms with Crippen molar-refractivity contribution >= 4 is 33.4 Å². The average molecular weight is 493 g/mol. The van der Waals surface area contributed by atoms with Crippen LogP contribution < -0.4 is 5.32 Å². The van der Waals surface area contributed by atoms with Gasteiger partial charge in [0.1, 0.15) is 0 Å². The summed E-state index contributed by atoms with van der Waals surface area (Å²) < 4.78 is 27.5. The fourth-order valence-electron chi connectivity index (χ4n) is 3.51. The fourth-order valence-corrected chi connectivity index (χ4v) is 5.10. The molecule has 0 atom stereocenters. The lowest BCUT2D eigenvalue weighted by atomic mass is 10.2. The molecule has 0 saturated carbocycles. The standard InChI is InChI=1S/C23H29ClN4O4S/c1-3-27(17-22(29)25-16-18-7-9-20(24)10-8-18)23(30)19-5-4-6-21(15-19)33(31,32)28-13-11-26(2)12-14-28/h4-10,15H,3,11-14,16-17H2,1-2H3,(H,25,29). The fraction of sp³-hybridized carbons (Fsp3) is 0.391. The normalized spacial score (nSPS) is 15.2. The van der Waals surface area contributed by atoms with Crippen LogP contribution in [0.3, 0.4) is 0 Å². The highest BCUT2D eigenvalue weighted by Gasteiger charge is 2.28. The summed E-state index contributed by atoms with van der Waals surface area (Å²) in [6, 6.07) is 13.1. The summed E-state index contributed by atoms with van der Waals surface area (Å²) in [4.78, 5) is 29.0. The van der Waals surface area contributed by atoms with Crippen molar-refractivity contribution in [1.29, 1.82) is 0 Å². The van der Waals surface area contributed by atoms with E-state index in [9.17, 15) is 18.0 Å². The Balaban J connectivity index is 1.66. The summed E-state index contributed by atoms with van der Waals surface area (Å²) in [6.45, 7) is 4.41. The second-order valence-electron chi connectivity index (χ2n) is 7.96. The van der Waals surface area contributed by atoms with Crippen LogP contribution in [-0.2, 0) is 21.4 Å². The monoisotopic (exact) mass is 492 g/mol. The van der Waals surface area contributed by atoms with E-state index < -0.39 is 15.9 Å². The van der Waals surface area contributed by atoms with Gasteiger partial charge in [0.2, 0.25) is 15.9 Å². The van der Waals surface area contributed by atoms with Gasteiger partial charge in [0, 0.05) is 49.9 Å². The van der Waals surface area contributed by atoms with E-state index in [0.717, 1.165) is 5.56 Å². The molecule has 1 N–H and O–H groups in total. The molecule has 1 aliphatic heterocycles. The Morgan fingerprint density at radius 1 is 1.06 bits per heavy atom. The van der Waals surface area contributed by atoms with Crippen LogP contribution in [0.4, 0.5) is 0 Å². The third-order valence-electron chi connectivity index (χ3n) is 5.59. The molecule has 1 fully saturated rings. The van der Waals surface area contributed by atoms with Crippen molar-refractivity contribution in [2.24, 2.45) is 0 Å². The van der Waals surface area contributed by atoms with Gasteiger partial charge in [0.05, 0.1) is 11.4 Å². The lowest BCUT2D eigenvalue weighted by Gasteiger charge is -2.31. The first kappa shape index (κ1) is 25.2. The van der Waals surface area contributed by atoms with E-state index in [4.69, 9.17) is 11.6 Å². The van der Waals surface area contributed by atoms with Crippen molar-refractivity contribution in [1.82, 2.24) is 19.4 Å². The molecule has 1 heterocycles. The SMILES string of the molecule is CCN(CC(=O)NCc1ccc(Cl)cc1)C(=O)c1cccc(S(=O)(=O)N2CCN(C)CC2)c1. The third-order valence-corrected chi connectivity index (χ3v) is 7.73. The second-order valence-corrected chi connectivity index (χ2v) is 10.3. The van der Waals surface area contributed by atoms with Gasteiger partial charge in [-0.05, 0) is 49.9 Å². The van der Waals surface area contributed by atoms with Gasteiger partial charge in [-0.25, -0.2) is 8.42 Å². The molecule has 10 heteroatoms. The number of amides is 2. The van der Waals surface area contributed by atoms with Crippen LogP contribution in [0, 0.1) is 0 Å². The summed E-state index contributed by atoms with van der Waals surface area (Å²) >= 11 is 5.87. The smallest absolute Gasteiger partial charge is 0.254 e. The lowest BCUT2D eigenvalue weighted by Crippen LogP contribution is -2.47. The molecule has 0 aliphatic carbocycles. The number of carbonyl (C=O) groups is 2. The Hall–Kier alpha value is -2.46. The Morgan fingerprint density at radius 3 is 2.36 bits per heavy atom. The highest BCUT2D eigenvalue weighted by Crippen LogP contribution is 2.19. The molecule has 0 unspecified atom stereocenters. The molecule has 3 rings (SSSR count). The van der Waals surface area contributed by atoms with Gasteiger partial charge < -0.3 is 15.1 Å². The number of rotatable bonds is 8. The number of nitrogens with one attached hydrogen (secondary N) is 1. The van der Waals surface area contributed by atoms with Gasteiger partial charge in [0.25, 0.3) is 5.91 Å². The highest BCUT2D eigenvalue weighted by molar-refractivity contribution is 7.89. The van der Waals surface area contributed by atoms with E-state index in [1.54, 1.807) is 31.2 Å². The number of likely N-dealkylation sites (N-methyl/N-ethyl adjacent to an activating group) is 2. The zero-order valence-electron chi connectivity index (χ0n) is 18.8. The molecule has 33 heavy (non-hydrogen) atoms. The van der Waals surface area contributed by atoms with E-state index in [1.165, 1.54) is 21.3 Å². The molecule has 2 amide bonds. The summed E-state index contributed by atoms with van der Waals surface area (Å²) in [5.74, 6) is -0.698. The Morgan fingerprint density at radius 2 is 1.73 bits per heavy atom. The molecular weight excluding hydrogens is 464 g/mol. The summed E-state index contributed by atoms with van der Waals surface area (Å²) in [5.41, 5.74) is 1.13. The van der Waals surface area contributed by atoms with Crippen LogP contribution in [0.15, 0.2) is 53.4 Å². The number of nitrogens with zero attached hydrogens (tertiary/aromatic N) is 3. The molecule has 0 aromatic heterocycles. The number of benzene rings is 2. The van der Waals surface area contributed by atoms with Crippen LogP contribution >= 0.6 is 11.6 Å². The van der Waals surface area contributed by atoms with Crippen molar-refractivity contribution in [2.45, 2.75) is 18.4 Å². The number of sulfonamides is 1. The Bertz CT molecular complexity index is 1080. The minimum absolute atomic E-state index is 0.0844. The lowest BCUT2D eigenvalue weighted by molar-refractivity contribution is -0.121. The number of piperazine rings is 1. The van der Waals surface area contributed by atoms with Crippen molar-refractivity contribution in [3.63, 3.8) is 0 Å². The number of hydrogen-bond donors (Lipinski definition) is 1. The number of hydrogen-bond acceptors (Lipinski definition) is 5. The summed E-state index contributed by atoms with van der Waals surface area (Å²) in [7, 11) is -1.74. The molecule has 1 aliphatic rings. The zero-order valence-corrected chi connectivity index (χ0v) is 20.4. The van der Waals surface area contributed by atoms with Gasteiger partial charge in [-0.2, -0.15) is 4.31 Å². The quantitative estimate of drug-likeness (QED) is 0.609. The zero-order chi connectivity index (χ0) is 24.0. The van der Waals surface area contributed by atoms with E-state index in [-0.39, 0.29) is 22.9 Å². The Kier molecular flexibility index (Phi) is 8.47. The second kappa shape index (κ2) is 11.1. The first-order valence-electron chi connectivity index (χ1n) is 10.8. The largest absolute Gasteiger partial charge is 0.350 e. The van der Waals surface area contributed by atoms with Crippen molar-refractivity contribution in [3.8, 4) is 0 Å². The minimum Gasteiger partial charge on any atom is -0.350 e. The van der Waals surface area contributed by atoms with Crippen molar-refractivity contribution in [2.75, 3.05) is 46.3 Å². The van der Waals surface area contributed by atoms with E-state index in [2.05, 4.69) is 10.2 Å². The highest BCUT2D eigenvalue weighted by atomic mass is 35.5. The van der Waals surface area contributed by atoms with E-state index in [0.29, 0.717) is 44.3 Å².